The lowest BCUT2D eigenvalue weighted by molar-refractivity contribution is 0.213. The van der Waals surface area contributed by atoms with Crippen molar-refractivity contribution in [3.05, 3.63) is 29.6 Å². The zero-order valence-corrected chi connectivity index (χ0v) is 8.47. The van der Waals surface area contributed by atoms with Gasteiger partial charge in [-0.1, -0.05) is 6.42 Å². The summed E-state index contributed by atoms with van der Waals surface area (Å²) >= 11 is 0. The molecule has 0 unspecified atom stereocenters. The lowest BCUT2D eigenvalue weighted by Crippen LogP contribution is -2.38. The SMILES string of the molecule is NCCC1(c2c(F)cncc2F)CCC1. The summed E-state index contributed by atoms with van der Waals surface area (Å²) in [5.41, 5.74) is 5.32. The van der Waals surface area contributed by atoms with E-state index < -0.39 is 11.6 Å². The highest BCUT2D eigenvalue weighted by Gasteiger charge is 2.41. The summed E-state index contributed by atoms with van der Waals surface area (Å²) in [7, 11) is 0. The minimum absolute atomic E-state index is 0.189. The van der Waals surface area contributed by atoms with Gasteiger partial charge in [-0.2, -0.15) is 0 Å². The lowest BCUT2D eigenvalue weighted by atomic mass is 9.62. The molecule has 4 heteroatoms. The smallest absolute Gasteiger partial charge is 0.148 e. The Morgan fingerprint density at radius 3 is 2.27 bits per heavy atom. The van der Waals surface area contributed by atoms with Gasteiger partial charge < -0.3 is 5.73 Å². The Kier molecular flexibility index (Phi) is 2.69. The first-order chi connectivity index (χ1) is 7.19. The molecule has 2 N–H and O–H groups in total. The second kappa shape index (κ2) is 3.85. The zero-order valence-electron chi connectivity index (χ0n) is 8.47. The number of pyridine rings is 1. The average Bonchev–Trinajstić information content (AvgIpc) is 2.13. The predicted octanol–water partition coefficient (Wildman–Crippen LogP) is 2.13. The molecule has 0 aliphatic heterocycles. The van der Waals surface area contributed by atoms with E-state index in [-0.39, 0.29) is 11.0 Å². The summed E-state index contributed by atoms with van der Waals surface area (Å²) < 4.78 is 27.1. The van der Waals surface area contributed by atoms with E-state index in [1.54, 1.807) is 0 Å². The number of hydrogen-bond donors (Lipinski definition) is 1. The summed E-state index contributed by atoms with van der Waals surface area (Å²) in [6.45, 7) is 0.460. The topological polar surface area (TPSA) is 38.9 Å². The average molecular weight is 212 g/mol. The van der Waals surface area contributed by atoms with Gasteiger partial charge in [-0.25, -0.2) is 8.78 Å². The number of nitrogens with zero attached hydrogens (tertiary/aromatic N) is 1. The quantitative estimate of drug-likeness (QED) is 0.833. The highest BCUT2D eigenvalue weighted by molar-refractivity contribution is 5.29. The molecule has 1 aliphatic rings. The van der Waals surface area contributed by atoms with Crippen LogP contribution < -0.4 is 5.73 Å². The van der Waals surface area contributed by atoms with Crippen molar-refractivity contribution < 1.29 is 8.78 Å². The van der Waals surface area contributed by atoms with E-state index in [9.17, 15) is 8.78 Å². The van der Waals surface area contributed by atoms with Gasteiger partial charge in [0.2, 0.25) is 0 Å². The Morgan fingerprint density at radius 2 is 1.87 bits per heavy atom. The standard InChI is InChI=1S/C11H14F2N2/c12-8-6-15-7-9(13)10(8)11(4-5-14)2-1-3-11/h6-7H,1-5,14H2. The molecular weight excluding hydrogens is 198 g/mol. The third-order valence-electron chi connectivity index (χ3n) is 3.32. The van der Waals surface area contributed by atoms with Crippen LogP contribution in [0.3, 0.4) is 0 Å². The van der Waals surface area contributed by atoms with E-state index in [1.807, 2.05) is 0 Å². The number of rotatable bonds is 3. The Morgan fingerprint density at radius 1 is 1.27 bits per heavy atom. The maximum Gasteiger partial charge on any atom is 0.148 e. The third kappa shape index (κ3) is 1.63. The number of halogens is 2. The molecule has 0 radical (unpaired) electrons. The molecule has 0 saturated heterocycles. The van der Waals surface area contributed by atoms with Gasteiger partial charge in [-0.3, -0.25) is 4.98 Å². The Balaban J connectivity index is 2.42. The molecule has 0 aromatic carbocycles. The minimum atomic E-state index is -0.539. The number of hydrogen-bond acceptors (Lipinski definition) is 2. The number of nitrogens with two attached hydrogens (primary N) is 1. The molecule has 2 rings (SSSR count). The van der Waals surface area contributed by atoms with Crippen molar-refractivity contribution >= 4 is 0 Å². The molecule has 15 heavy (non-hydrogen) atoms. The predicted molar refractivity (Wildman–Crippen MR) is 53.4 cm³/mol. The van der Waals surface area contributed by atoms with Gasteiger partial charge in [0, 0.05) is 11.0 Å². The van der Waals surface area contributed by atoms with Crippen molar-refractivity contribution in [2.24, 2.45) is 5.73 Å². The van der Waals surface area contributed by atoms with Gasteiger partial charge in [0.1, 0.15) is 11.6 Å². The zero-order chi connectivity index (χ0) is 10.9. The van der Waals surface area contributed by atoms with Gasteiger partial charge in [0.25, 0.3) is 0 Å². The fourth-order valence-electron chi connectivity index (χ4n) is 2.42. The summed E-state index contributed by atoms with van der Waals surface area (Å²) in [6.07, 6.45) is 5.46. The third-order valence-corrected chi connectivity index (χ3v) is 3.32. The second-order valence-corrected chi connectivity index (χ2v) is 4.15. The van der Waals surface area contributed by atoms with E-state index in [4.69, 9.17) is 5.73 Å². The first kappa shape index (κ1) is 10.5. The van der Waals surface area contributed by atoms with Crippen LogP contribution >= 0.6 is 0 Å². The molecule has 0 spiro atoms. The molecule has 1 fully saturated rings. The summed E-state index contributed by atoms with van der Waals surface area (Å²) in [6, 6.07) is 0. The van der Waals surface area contributed by atoms with Crippen molar-refractivity contribution in [2.75, 3.05) is 6.54 Å². The van der Waals surface area contributed by atoms with Crippen LogP contribution in [0, 0.1) is 11.6 Å². The van der Waals surface area contributed by atoms with Crippen LogP contribution in [0.25, 0.3) is 0 Å². The van der Waals surface area contributed by atoms with E-state index in [0.717, 1.165) is 31.7 Å². The summed E-state index contributed by atoms with van der Waals surface area (Å²) in [5.74, 6) is -1.08. The van der Waals surface area contributed by atoms with Crippen molar-refractivity contribution in [1.29, 1.82) is 0 Å². The van der Waals surface area contributed by atoms with E-state index >= 15 is 0 Å². The monoisotopic (exact) mass is 212 g/mol. The number of aromatic nitrogens is 1. The largest absolute Gasteiger partial charge is 0.330 e. The van der Waals surface area contributed by atoms with Crippen LogP contribution in [-0.4, -0.2) is 11.5 Å². The van der Waals surface area contributed by atoms with E-state index in [2.05, 4.69) is 4.98 Å². The highest BCUT2D eigenvalue weighted by Crippen LogP contribution is 2.47. The Bertz CT molecular complexity index is 341. The van der Waals surface area contributed by atoms with Crippen molar-refractivity contribution in [1.82, 2.24) is 4.98 Å². The van der Waals surface area contributed by atoms with Crippen LogP contribution in [0.15, 0.2) is 12.4 Å². The van der Waals surface area contributed by atoms with Crippen LogP contribution in [0.1, 0.15) is 31.2 Å². The molecule has 2 nitrogen and oxygen atoms in total. The van der Waals surface area contributed by atoms with Gasteiger partial charge in [-0.05, 0) is 25.8 Å². The summed E-state index contributed by atoms with van der Waals surface area (Å²) in [5, 5.41) is 0. The fraction of sp³-hybridized carbons (Fsp3) is 0.545. The molecule has 0 amide bonds. The Hall–Kier alpha value is -1.03. The molecule has 1 saturated carbocycles. The first-order valence-corrected chi connectivity index (χ1v) is 5.19. The normalized spacial score (nSPS) is 18.6. The maximum atomic E-state index is 13.5. The molecule has 1 aliphatic carbocycles. The molecular formula is C11H14F2N2. The van der Waals surface area contributed by atoms with Crippen molar-refractivity contribution in [3.63, 3.8) is 0 Å². The van der Waals surface area contributed by atoms with Crippen LogP contribution in [0.4, 0.5) is 8.78 Å². The Labute approximate surface area is 87.5 Å². The highest BCUT2D eigenvalue weighted by atomic mass is 19.1. The molecule has 0 bridgehead atoms. The second-order valence-electron chi connectivity index (χ2n) is 4.15. The fourth-order valence-corrected chi connectivity index (χ4v) is 2.42. The van der Waals surface area contributed by atoms with Crippen molar-refractivity contribution in [3.8, 4) is 0 Å². The molecule has 0 atom stereocenters. The lowest BCUT2D eigenvalue weighted by Gasteiger charge is -2.42. The van der Waals surface area contributed by atoms with Gasteiger partial charge in [0.05, 0.1) is 12.4 Å². The van der Waals surface area contributed by atoms with Gasteiger partial charge >= 0.3 is 0 Å². The summed E-state index contributed by atoms with van der Waals surface area (Å²) in [4.78, 5) is 3.50. The maximum absolute atomic E-state index is 13.5. The van der Waals surface area contributed by atoms with Crippen molar-refractivity contribution in [2.45, 2.75) is 31.1 Å². The van der Waals surface area contributed by atoms with Gasteiger partial charge in [0.15, 0.2) is 0 Å². The molecule has 1 aromatic rings. The molecule has 82 valence electrons. The van der Waals surface area contributed by atoms with Gasteiger partial charge in [-0.15, -0.1) is 0 Å². The first-order valence-electron chi connectivity index (χ1n) is 5.19. The van der Waals surface area contributed by atoms with E-state index in [0.29, 0.717) is 13.0 Å². The minimum Gasteiger partial charge on any atom is -0.330 e. The van der Waals surface area contributed by atoms with E-state index in [1.165, 1.54) is 0 Å². The molecule has 1 heterocycles. The van der Waals surface area contributed by atoms with Crippen LogP contribution in [0.2, 0.25) is 0 Å². The molecule has 1 aromatic heterocycles. The van der Waals surface area contributed by atoms with Crippen LogP contribution in [0.5, 0.6) is 0 Å². The van der Waals surface area contributed by atoms with Crippen LogP contribution in [-0.2, 0) is 5.41 Å².